The quantitative estimate of drug-likeness (QED) is 0.730. The number of nitrogens with two attached hydrogens (primary N) is 1. The first-order valence-electron chi connectivity index (χ1n) is 6.34. The lowest BCUT2D eigenvalue weighted by atomic mass is 10.1. The van der Waals surface area contributed by atoms with Gasteiger partial charge in [0.2, 0.25) is 10.0 Å². The van der Waals surface area contributed by atoms with E-state index in [-0.39, 0.29) is 18.2 Å². The highest BCUT2D eigenvalue weighted by Crippen LogP contribution is 2.04. The molecule has 20 heavy (non-hydrogen) atoms. The van der Waals surface area contributed by atoms with Crippen molar-refractivity contribution in [2.45, 2.75) is 6.42 Å². The van der Waals surface area contributed by atoms with Gasteiger partial charge >= 0.3 is 0 Å². The number of rotatable bonds is 7. The molecule has 0 bridgehead atoms. The van der Waals surface area contributed by atoms with E-state index in [1.165, 1.54) is 14.1 Å². The van der Waals surface area contributed by atoms with Crippen LogP contribution in [0.25, 0.3) is 0 Å². The third-order valence-electron chi connectivity index (χ3n) is 2.85. The van der Waals surface area contributed by atoms with Crippen molar-refractivity contribution in [2.75, 3.05) is 32.9 Å². The summed E-state index contributed by atoms with van der Waals surface area (Å²) in [6, 6.07) is 7.11. The average Bonchev–Trinajstić information content (AvgIpc) is 2.39. The number of hydrogen-bond acceptors (Lipinski definition) is 4. The van der Waals surface area contributed by atoms with E-state index in [9.17, 15) is 13.2 Å². The highest BCUT2D eigenvalue weighted by Gasteiger charge is 2.14. The van der Waals surface area contributed by atoms with Gasteiger partial charge in [0, 0.05) is 26.2 Å². The van der Waals surface area contributed by atoms with E-state index in [0.29, 0.717) is 12.1 Å². The molecule has 0 radical (unpaired) electrons. The third-order valence-corrected chi connectivity index (χ3v) is 4.68. The predicted octanol–water partition coefficient (Wildman–Crippen LogP) is -0.191. The molecule has 0 unspecified atom stereocenters. The number of sulfonamides is 1. The second-order valence-corrected chi connectivity index (χ2v) is 6.89. The van der Waals surface area contributed by atoms with Gasteiger partial charge in [0.25, 0.3) is 5.91 Å². The monoisotopic (exact) mass is 299 g/mol. The molecule has 0 saturated carbocycles. The summed E-state index contributed by atoms with van der Waals surface area (Å²) >= 11 is 0. The number of benzene rings is 1. The van der Waals surface area contributed by atoms with E-state index in [1.807, 2.05) is 12.1 Å². The Bertz CT molecular complexity index is 538. The van der Waals surface area contributed by atoms with Gasteiger partial charge < -0.3 is 11.1 Å². The van der Waals surface area contributed by atoms with E-state index >= 15 is 0 Å². The molecule has 0 aliphatic heterocycles. The molecule has 1 rings (SSSR count). The van der Waals surface area contributed by atoms with E-state index in [0.717, 1.165) is 16.3 Å². The number of carbonyl (C=O) groups is 1. The second kappa shape index (κ2) is 7.37. The molecule has 0 spiro atoms. The van der Waals surface area contributed by atoms with Crippen LogP contribution in [-0.2, 0) is 16.4 Å². The standard InChI is InChI=1S/C13H21N3O3S/c1-16(2)20(18,19)10-9-15-13(17)12-5-3-11(4-6-12)7-8-14/h3-6H,7-10,14H2,1-2H3,(H,15,17). The van der Waals surface area contributed by atoms with Gasteiger partial charge in [0.15, 0.2) is 0 Å². The number of nitrogens with one attached hydrogen (secondary N) is 1. The summed E-state index contributed by atoms with van der Waals surface area (Å²) in [5.41, 5.74) is 7.03. The van der Waals surface area contributed by atoms with Gasteiger partial charge in [-0.15, -0.1) is 0 Å². The summed E-state index contributed by atoms with van der Waals surface area (Å²) in [5, 5.41) is 2.59. The van der Waals surface area contributed by atoms with E-state index < -0.39 is 10.0 Å². The molecule has 1 amide bonds. The summed E-state index contributed by atoms with van der Waals surface area (Å²) in [6.07, 6.45) is 0.767. The lowest BCUT2D eigenvalue weighted by molar-refractivity contribution is 0.0956. The second-order valence-electron chi connectivity index (χ2n) is 4.59. The van der Waals surface area contributed by atoms with Crippen LogP contribution in [0.5, 0.6) is 0 Å². The van der Waals surface area contributed by atoms with E-state index in [2.05, 4.69) is 5.32 Å². The maximum Gasteiger partial charge on any atom is 0.251 e. The Morgan fingerprint density at radius 3 is 2.35 bits per heavy atom. The molecule has 3 N–H and O–H groups in total. The molecule has 0 saturated heterocycles. The zero-order valence-corrected chi connectivity index (χ0v) is 12.6. The molecule has 112 valence electrons. The summed E-state index contributed by atoms with van der Waals surface area (Å²) < 4.78 is 24.2. The van der Waals surface area contributed by atoms with Crippen LogP contribution in [0.2, 0.25) is 0 Å². The van der Waals surface area contributed by atoms with Gasteiger partial charge in [-0.3, -0.25) is 4.79 Å². The molecule has 0 atom stereocenters. The maximum atomic E-state index is 11.8. The zero-order chi connectivity index (χ0) is 15.2. The summed E-state index contributed by atoms with van der Waals surface area (Å²) in [6.45, 7) is 0.651. The summed E-state index contributed by atoms with van der Waals surface area (Å²) in [7, 11) is -0.354. The lowest BCUT2D eigenvalue weighted by Gasteiger charge is -2.11. The molecular weight excluding hydrogens is 278 g/mol. The minimum absolute atomic E-state index is 0.0872. The van der Waals surface area contributed by atoms with Gasteiger partial charge in [0.1, 0.15) is 0 Å². The van der Waals surface area contributed by atoms with Gasteiger partial charge in [0.05, 0.1) is 5.75 Å². The van der Waals surface area contributed by atoms with Crippen LogP contribution in [0.15, 0.2) is 24.3 Å². The van der Waals surface area contributed by atoms with Crippen molar-refractivity contribution in [3.8, 4) is 0 Å². The predicted molar refractivity (Wildman–Crippen MR) is 79.0 cm³/mol. The molecule has 0 fully saturated rings. The number of amides is 1. The van der Waals surface area contributed by atoms with Crippen molar-refractivity contribution in [3.63, 3.8) is 0 Å². The largest absolute Gasteiger partial charge is 0.351 e. The maximum absolute atomic E-state index is 11.8. The van der Waals surface area contributed by atoms with Crippen molar-refractivity contribution in [3.05, 3.63) is 35.4 Å². The van der Waals surface area contributed by atoms with E-state index in [1.54, 1.807) is 12.1 Å². The molecule has 6 nitrogen and oxygen atoms in total. The molecule has 0 aliphatic rings. The zero-order valence-electron chi connectivity index (χ0n) is 11.8. The molecule has 7 heteroatoms. The smallest absolute Gasteiger partial charge is 0.251 e. The molecule has 0 aromatic heterocycles. The van der Waals surface area contributed by atoms with Crippen molar-refractivity contribution in [2.24, 2.45) is 5.73 Å². The normalized spacial score (nSPS) is 11.6. The fourth-order valence-corrected chi connectivity index (χ4v) is 2.29. The fraction of sp³-hybridized carbons (Fsp3) is 0.462. The Morgan fingerprint density at radius 2 is 1.85 bits per heavy atom. The van der Waals surface area contributed by atoms with Crippen molar-refractivity contribution >= 4 is 15.9 Å². The van der Waals surface area contributed by atoms with Crippen LogP contribution in [0, 0.1) is 0 Å². The van der Waals surface area contributed by atoms with Gasteiger partial charge in [-0.2, -0.15) is 0 Å². The minimum atomic E-state index is -3.29. The number of hydrogen-bond donors (Lipinski definition) is 2. The first-order valence-corrected chi connectivity index (χ1v) is 7.95. The molecule has 1 aromatic carbocycles. The number of carbonyl (C=O) groups excluding carboxylic acids is 1. The first kappa shape index (κ1) is 16.6. The topological polar surface area (TPSA) is 92.5 Å². The van der Waals surface area contributed by atoms with Gasteiger partial charge in [-0.05, 0) is 30.7 Å². The Morgan fingerprint density at radius 1 is 1.25 bits per heavy atom. The third kappa shape index (κ3) is 4.92. The SMILES string of the molecule is CN(C)S(=O)(=O)CCNC(=O)c1ccc(CCN)cc1. The fourth-order valence-electron chi connectivity index (χ4n) is 1.57. The van der Waals surface area contributed by atoms with Crippen LogP contribution >= 0.6 is 0 Å². The molecule has 1 aromatic rings. The average molecular weight is 299 g/mol. The Balaban J connectivity index is 2.51. The van der Waals surface area contributed by atoms with Crippen LogP contribution in [0.3, 0.4) is 0 Å². The van der Waals surface area contributed by atoms with Crippen molar-refractivity contribution in [1.82, 2.24) is 9.62 Å². The highest BCUT2D eigenvalue weighted by molar-refractivity contribution is 7.89. The Hall–Kier alpha value is -1.44. The lowest BCUT2D eigenvalue weighted by Crippen LogP contribution is -2.33. The minimum Gasteiger partial charge on any atom is -0.351 e. The highest BCUT2D eigenvalue weighted by atomic mass is 32.2. The van der Waals surface area contributed by atoms with Crippen molar-refractivity contribution < 1.29 is 13.2 Å². The first-order chi connectivity index (χ1) is 9.36. The summed E-state index contributed by atoms with van der Waals surface area (Å²) in [5.74, 6) is -0.393. The molecule has 0 aliphatic carbocycles. The van der Waals surface area contributed by atoms with Crippen LogP contribution < -0.4 is 11.1 Å². The van der Waals surface area contributed by atoms with Crippen LogP contribution in [0.1, 0.15) is 15.9 Å². The Labute approximate surface area is 120 Å². The molecule has 0 heterocycles. The van der Waals surface area contributed by atoms with Gasteiger partial charge in [-0.1, -0.05) is 12.1 Å². The van der Waals surface area contributed by atoms with E-state index in [4.69, 9.17) is 5.73 Å². The summed E-state index contributed by atoms with van der Waals surface area (Å²) in [4.78, 5) is 11.8. The number of nitrogens with zero attached hydrogens (tertiary/aromatic N) is 1. The van der Waals surface area contributed by atoms with Crippen molar-refractivity contribution in [1.29, 1.82) is 0 Å². The molecular formula is C13H21N3O3S. The van der Waals surface area contributed by atoms with Crippen LogP contribution in [0.4, 0.5) is 0 Å². The van der Waals surface area contributed by atoms with Crippen LogP contribution in [-0.4, -0.2) is 51.6 Å². The Kier molecular flexibility index (Phi) is 6.12. The van der Waals surface area contributed by atoms with Gasteiger partial charge in [-0.25, -0.2) is 12.7 Å².